The molecule has 3 rings (SSSR count). The second kappa shape index (κ2) is 11.0. The molecular formula is C25H28N2O3. The minimum absolute atomic E-state index is 0.0249. The molecule has 0 aliphatic rings. The summed E-state index contributed by atoms with van der Waals surface area (Å²) in [7, 11) is 4.08. The topological polar surface area (TPSA) is 50.8 Å². The third-order valence-corrected chi connectivity index (χ3v) is 4.45. The zero-order valence-corrected chi connectivity index (χ0v) is 17.5. The summed E-state index contributed by atoms with van der Waals surface area (Å²) >= 11 is 0. The van der Waals surface area contributed by atoms with E-state index in [1.54, 1.807) is 12.1 Å². The van der Waals surface area contributed by atoms with Gasteiger partial charge >= 0.3 is 0 Å². The summed E-state index contributed by atoms with van der Waals surface area (Å²) < 4.78 is 11.3. The minimum atomic E-state index is -0.156. The zero-order valence-electron chi connectivity index (χ0n) is 17.5. The summed E-state index contributed by atoms with van der Waals surface area (Å²) in [6.07, 6.45) is 0. The van der Waals surface area contributed by atoms with Crippen LogP contribution in [0.3, 0.4) is 0 Å². The molecule has 0 aromatic heterocycles. The van der Waals surface area contributed by atoms with Crippen LogP contribution in [0.1, 0.15) is 16.7 Å². The largest absolute Gasteiger partial charge is 0.489 e. The maximum atomic E-state index is 12.1. The first-order chi connectivity index (χ1) is 14.6. The lowest BCUT2D eigenvalue weighted by Crippen LogP contribution is -2.28. The summed E-state index contributed by atoms with van der Waals surface area (Å²) in [6.45, 7) is 1.87. The van der Waals surface area contributed by atoms with Crippen LogP contribution in [0.15, 0.2) is 78.9 Å². The van der Waals surface area contributed by atoms with Crippen LogP contribution in [0.4, 0.5) is 0 Å². The first-order valence-corrected chi connectivity index (χ1v) is 9.97. The van der Waals surface area contributed by atoms with E-state index in [2.05, 4.69) is 22.3 Å². The molecule has 0 aliphatic carbocycles. The Morgan fingerprint density at radius 1 is 0.767 bits per heavy atom. The molecule has 0 fully saturated rings. The fraction of sp³-hybridized carbons (Fsp3) is 0.240. The van der Waals surface area contributed by atoms with Gasteiger partial charge in [-0.05, 0) is 55.1 Å². The average Bonchev–Trinajstić information content (AvgIpc) is 2.77. The lowest BCUT2D eigenvalue weighted by atomic mass is 10.1. The van der Waals surface area contributed by atoms with Crippen molar-refractivity contribution >= 4 is 5.91 Å². The summed E-state index contributed by atoms with van der Waals surface area (Å²) in [5, 5.41) is 2.88. The Bertz CT molecular complexity index is 907. The van der Waals surface area contributed by atoms with Crippen molar-refractivity contribution in [3.05, 3.63) is 95.6 Å². The second-order valence-corrected chi connectivity index (χ2v) is 7.37. The van der Waals surface area contributed by atoms with Crippen molar-refractivity contribution in [3.8, 4) is 11.5 Å². The van der Waals surface area contributed by atoms with Crippen LogP contribution in [0, 0.1) is 0 Å². The summed E-state index contributed by atoms with van der Waals surface area (Å²) in [4.78, 5) is 14.2. The van der Waals surface area contributed by atoms with Gasteiger partial charge in [0.2, 0.25) is 0 Å². The number of rotatable bonds is 10. The van der Waals surface area contributed by atoms with E-state index in [9.17, 15) is 4.79 Å². The Morgan fingerprint density at radius 3 is 2.00 bits per heavy atom. The van der Waals surface area contributed by atoms with Gasteiger partial charge < -0.3 is 19.7 Å². The smallest absolute Gasteiger partial charge is 0.258 e. The number of ether oxygens (including phenoxy) is 2. The Balaban J connectivity index is 1.38. The van der Waals surface area contributed by atoms with Crippen LogP contribution in [0.25, 0.3) is 0 Å². The molecule has 0 bridgehead atoms. The van der Waals surface area contributed by atoms with Gasteiger partial charge in [0.05, 0.1) is 0 Å². The Kier molecular flexibility index (Phi) is 7.86. The number of nitrogens with zero attached hydrogens (tertiary/aromatic N) is 1. The van der Waals surface area contributed by atoms with Gasteiger partial charge in [0.1, 0.15) is 18.1 Å². The highest BCUT2D eigenvalue weighted by Crippen LogP contribution is 2.18. The van der Waals surface area contributed by atoms with E-state index >= 15 is 0 Å². The first kappa shape index (κ1) is 21.4. The monoisotopic (exact) mass is 404 g/mol. The van der Waals surface area contributed by atoms with E-state index in [1.807, 2.05) is 68.7 Å². The van der Waals surface area contributed by atoms with E-state index in [0.717, 1.165) is 23.4 Å². The maximum absolute atomic E-state index is 12.1. The first-order valence-electron chi connectivity index (χ1n) is 9.97. The number of carbonyl (C=O) groups excluding carboxylic acids is 1. The predicted octanol–water partition coefficient (Wildman–Crippen LogP) is 4.02. The molecule has 1 amide bonds. The van der Waals surface area contributed by atoms with Gasteiger partial charge in [-0.2, -0.15) is 0 Å². The number of benzene rings is 3. The number of carbonyl (C=O) groups is 1. The molecule has 0 saturated carbocycles. The summed E-state index contributed by atoms with van der Waals surface area (Å²) in [5.41, 5.74) is 3.42. The van der Waals surface area contributed by atoms with Crippen LogP contribution in [0.5, 0.6) is 11.5 Å². The fourth-order valence-corrected chi connectivity index (χ4v) is 2.90. The number of hydrogen-bond acceptors (Lipinski definition) is 4. The molecule has 1 N–H and O–H groups in total. The normalized spacial score (nSPS) is 10.6. The van der Waals surface area contributed by atoms with Crippen molar-refractivity contribution in [1.29, 1.82) is 0 Å². The average molecular weight is 405 g/mol. The Labute approximate surface area is 178 Å². The van der Waals surface area contributed by atoms with Crippen LogP contribution in [-0.4, -0.2) is 31.5 Å². The third-order valence-electron chi connectivity index (χ3n) is 4.45. The number of amides is 1. The molecule has 0 saturated heterocycles. The summed E-state index contributed by atoms with van der Waals surface area (Å²) in [5.74, 6) is 1.23. The molecular weight excluding hydrogens is 376 g/mol. The molecule has 5 nitrogen and oxygen atoms in total. The molecule has 156 valence electrons. The van der Waals surface area contributed by atoms with Gasteiger partial charge in [-0.3, -0.25) is 4.79 Å². The van der Waals surface area contributed by atoms with Gasteiger partial charge in [-0.15, -0.1) is 0 Å². The van der Waals surface area contributed by atoms with Crippen LogP contribution in [-0.2, 0) is 24.5 Å². The number of nitrogens with one attached hydrogen (secondary N) is 1. The van der Waals surface area contributed by atoms with E-state index in [4.69, 9.17) is 9.47 Å². The van der Waals surface area contributed by atoms with Crippen molar-refractivity contribution in [2.45, 2.75) is 19.7 Å². The van der Waals surface area contributed by atoms with Gasteiger partial charge in [0.25, 0.3) is 5.91 Å². The molecule has 5 heteroatoms. The van der Waals surface area contributed by atoms with Gasteiger partial charge in [-0.1, -0.05) is 54.6 Å². The fourth-order valence-electron chi connectivity index (χ4n) is 2.90. The van der Waals surface area contributed by atoms with E-state index in [0.29, 0.717) is 18.9 Å². The Morgan fingerprint density at radius 2 is 1.37 bits per heavy atom. The molecule has 0 atom stereocenters. The SMILES string of the molecule is CN(C)Cc1ccc(CNC(=O)COc2ccc(OCc3ccccc3)cc2)cc1. The van der Waals surface area contributed by atoms with Gasteiger partial charge in [-0.25, -0.2) is 0 Å². The molecule has 30 heavy (non-hydrogen) atoms. The molecule has 3 aromatic carbocycles. The van der Waals surface area contributed by atoms with E-state index in [1.165, 1.54) is 5.56 Å². The predicted molar refractivity (Wildman–Crippen MR) is 118 cm³/mol. The van der Waals surface area contributed by atoms with Gasteiger partial charge in [0, 0.05) is 13.1 Å². The lowest BCUT2D eigenvalue weighted by Gasteiger charge is -2.11. The lowest BCUT2D eigenvalue weighted by molar-refractivity contribution is -0.123. The Hall–Kier alpha value is -3.31. The van der Waals surface area contributed by atoms with Crippen LogP contribution < -0.4 is 14.8 Å². The molecule has 3 aromatic rings. The maximum Gasteiger partial charge on any atom is 0.258 e. The standard InChI is InChI=1S/C25H28N2O3/c1-27(2)17-21-10-8-20(9-11-21)16-26-25(28)19-30-24-14-12-23(13-15-24)29-18-22-6-4-3-5-7-22/h3-15H,16-19H2,1-2H3,(H,26,28). The minimum Gasteiger partial charge on any atom is -0.489 e. The van der Waals surface area contributed by atoms with Crippen molar-refractivity contribution in [3.63, 3.8) is 0 Å². The third kappa shape index (κ3) is 7.26. The van der Waals surface area contributed by atoms with Crippen molar-refractivity contribution < 1.29 is 14.3 Å². The van der Waals surface area contributed by atoms with Gasteiger partial charge in [0.15, 0.2) is 6.61 Å². The molecule has 0 unspecified atom stereocenters. The molecule has 0 spiro atoms. The highest BCUT2D eigenvalue weighted by Gasteiger charge is 2.04. The van der Waals surface area contributed by atoms with Crippen molar-refractivity contribution in [2.24, 2.45) is 0 Å². The second-order valence-electron chi connectivity index (χ2n) is 7.37. The van der Waals surface area contributed by atoms with Crippen molar-refractivity contribution in [2.75, 3.05) is 20.7 Å². The van der Waals surface area contributed by atoms with E-state index < -0.39 is 0 Å². The zero-order chi connectivity index (χ0) is 21.2. The molecule has 0 aliphatic heterocycles. The quantitative estimate of drug-likeness (QED) is 0.554. The number of hydrogen-bond donors (Lipinski definition) is 1. The van der Waals surface area contributed by atoms with E-state index in [-0.39, 0.29) is 12.5 Å². The van der Waals surface area contributed by atoms with Crippen LogP contribution >= 0.6 is 0 Å². The highest BCUT2D eigenvalue weighted by molar-refractivity contribution is 5.77. The molecule has 0 heterocycles. The molecule has 0 radical (unpaired) electrons. The summed E-state index contributed by atoms with van der Waals surface area (Å²) in [6, 6.07) is 25.5. The van der Waals surface area contributed by atoms with Crippen molar-refractivity contribution in [1.82, 2.24) is 10.2 Å². The van der Waals surface area contributed by atoms with Crippen LogP contribution in [0.2, 0.25) is 0 Å². The highest BCUT2D eigenvalue weighted by atomic mass is 16.5.